The summed E-state index contributed by atoms with van der Waals surface area (Å²) in [5.41, 5.74) is 4.87. The number of urea groups is 1. The summed E-state index contributed by atoms with van der Waals surface area (Å²) >= 11 is 0. The Bertz CT molecular complexity index is 1370. The van der Waals surface area contributed by atoms with Crippen LogP contribution in [0.15, 0.2) is 79.0 Å². The molecule has 0 radical (unpaired) electrons. The molecule has 1 aromatic heterocycles. The van der Waals surface area contributed by atoms with Gasteiger partial charge >= 0.3 is 12.1 Å². The van der Waals surface area contributed by atoms with Crippen LogP contribution in [0.25, 0.3) is 10.9 Å². The number of carbonyl (C=O) groups is 2. The number of aryl methyl sites for hydroxylation is 2. The molecule has 0 saturated carbocycles. The molecule has 0 spiro atoms. The van der Waals surface area contributed by atoms with Crippen LogP contribution in [0.4, 0.5) is 21.0 Å². The lowest BCUT2D eigenvalue weighted by Gasteiger charge is -2.39. The monoisotopic (exact) mass is 483 g/mol. The number of aromatic nitrogens is 2. The highest BCUT2D eigenvalue weighted by molar-refractivity contribution is 6.02. The number of fused-ring (bicyclic) bond motifs is 2. The highest BCUT2D eigenvalue weighted by Crippen LogP contribution is 2.31. The molecule has 3 N–H and O–H groups in total. The number of hydrogen-bond acceptors (Lipinski definition) is 4. The number of para-hydroxylation sites is 1. The average Bonchev–Trinajstić information content (AvgIpc) is 3.34. The van der Waals surface area contributed by atoms with Gasteiger partial charge in [-0.1, -0.05) is 54.6 Å². The van der Waals surface area contributed by atoms with Crippen LogP contribution in [0, 0.1) is 0 Å². The van der Waals surface area contributed by atoms with E-state index in [2.05, 4.69) is 69.2 Å². The number of amides is 2. The Hall–Kier alpha value is -4.33. The molecule has 36 heavy (non-hydrogen) atoms. The van der Waals surface area contributed by atoms with Gasteiger partial charge in [-0.2, -0.15) is 9.78 Å². The zero-order valence-corrected chi connectivity index (χ0v) is 19.9. The van der Waals surface area contributed by atoms with Gasteiger partial charge in [0.1, 0.15) is 0 Å². The fraction of sp³-hybridized carbons (Fsp3) is 0.250. The number of carbonyl (C=O) groups excluding carboxylic acids is 1. The van der Waals surface area contributed by atoms with Crippen molar-refractivity contribution in [3.05, 3.63) is 90.1 Å². The Morgan fingerprint density at radius 2 is 1.81 bits per heavy atom. The van der Waals surface area contributed by atoms with Gasteiger partial charge in [-0.15, -0.1) is 0 Å². The molecule has 1 atom stereocenters. The van der Waals surface area contributed by atoms with Crippen molar-refractivity contribution >= 4 is 34.4 Å². The van der Waals surface area contributed by atoms with Crippen molar-refractivity contribution in [2.45, 2.75) is 31.7 Å². The first-order chi connectivity index (χ1) is 17.6. The van der Waals surface area contributed by atoms with Crippen molar-refractivity contribution in [1.82, 2.24) is 15.1 Å². The molecule has 5 rings (SSSR count). The lowest BCUT2D eigenvalue weighted by molar-refractivity contribution is 0.194. The number of nitrogens with one attached hydrogen (secondary N) is 2. The third-order valence-corrected chi connectivity index (χ3v) is 6.74. The van der Waals surface area contributed by atoms with E-state index in [-0.39, 0.29) is 12.1 Å². The molecule has 0 bridgehead atoms. The lowest BCUT2D eigenvalue weighted by Crippen LogP contribution is -2.48. The van der Waals surface area contributed by atoms with E-state index in [9.17, 15) is 14.7 Å². The molecule has 8 heteroatoms. The molecule has 1 aliphatic heterocycles. The molecule has 1 aliphatic rings. The summed E-state index contributed by atoms with van der Waals surface area (Å²) in [5, 5.41) is 19.7. The van der Waals surface area contributed by atoms with Gasteiger partial charge in [0.2, 0.25) is 0 Å². The van der Waals surface area contributed by atoms with E-state index in [1.54, 1.807) is 18.2 Å². The third kappa shape index (κ3) is 5.02. The maximum atomic E-state index is 12.8. The van der Waals surface area contributed by atoms with Crippen molar-refractivity contribution in [1.29, 1.82) is 0 Å². The Morgan fingerprint density at radius 3 is 2.64 bits per heavy atom. The van der Waals surface area contributed by atoms with Crippen molar-refractivity contribution in [3.63, 3.8) is 0 Å². The second kappa shape index (κ2) is 10.5. The minimum atomic E-state index is -1.17. The first-order valence-corrected chi connectivity index (χ1v) is 12.2. The molecule has 0 saturated heterocycles. The van der Waals surface area contributed by atoms with E-state index >= 15 is 0 Å². The second-order valence-electron chi connectivity index (χ2n) is 9.02. The molecule has 184 valence electrons. The third-order valence-electron chi connectivity index (χ3n) is 6.74. The maximum Gasteiger partial charge on any atom is 0.432 e. The van der Waals surface area contributed by atoms with Gasteiger partial charge in [-0.25, -0.2) is 9.59 Å². The second-order valence-corrected chi connectivity index (χ2v) is 9.02. The molecular weight excluding hydrogens is 454 g/mol. The van der Waals surface area contributed by atoms with E-state index < -0.39 is 6.09 Å². The first-order valence-electron chi connectivity index (χ1n) is 12.2. The number of benzene rings is 3. The van der Waals surface area contributed by atoms with Crippen LogP contribution in [0.1, 0.15) is 24.0 Å². The molecule has 8 nitrogen and oxygen atoms in total. The molecule has 0 aliphatic carbocycles. The summed E-state index contributed by atoms with van der Waals surface area (Å²) in [5.74, 6) is 0. The van der Waals surface area contributed by atoms with Gasteiger partial charge in [0, 0.05) is 30.2 Å². The number of nitrogens with zero attached hydrogens (tertiary/aromatic N) is 3. The van der Waals surface area contributed by atoms with E-state index in [0.717, 1.165) is 36.9 Å². The smallest absolute Gasteiger partial charge is 0.432 e. The topological polar surface area (TPSA) is 99.5 Å². The molecule has 0 fully saturated rings. The Kier molecular flexibility index (Phi) is 6.84. The van der Waals surface area contributed by atoms with Gasteiger partial charge in [0.15, 0.2) is 0 Å². The molecule has 4 aromatic rings. The molecular formula is C28H29N5O3. The summed E-state index contributed by atoms with van der Waals surface area (Å²) in [7, 11) is 0. The lowest BCUT2D eigenvalue weighted by atomic mass is 9.95. The number of rotatable bonds is 7. The van der Waals surface area contributed by atoms with E-state index in [1.807, 2.05) is 6.07 Å². The predicted molar refractivity (Wildman–Crippen MR) is 141 cm³/mol. The quantitative estimate of drug-likeness (QED) is 0.338. The minimum absolute atomic E-state index is 0.187. The normalized spacial score (nSPS) is 14.9. The Morgan fingerprint density at radius 1 is 1.00 bits per heavy atom. The number of carboxylic acid groups (broad SMARTS) is 1. The van der Waals surface area contributed by atoms with Gasteiger partial charge in [-0.3, -0.25) is 0 Å². The van der Waals surface area contributed by atoms with E-state index in [4.69, 9.17) is 0 Å². The van der Waals surface area contributed by atoms with Crippen LogP contribution in [-0.4, -0.2) is 46.1 Å². The van der Waals surface area contributed by atoms with Crippen molar-refractivity contribution < 1.29 is 14.7 Å². The van der Waals surface area contributed by atoms with Crippen LogP contribution >= 0.6 is 0 Å². The zero-order chi connectivity index (χ0) is 24.9. The molecule has 2 amide bonds. The SMILES string of the molecule is O=C(NCC1CCc2ccccc2N1CCCc1ccccc1)Nc1cccc2c1cnn2C(=O)O. The summed E-state index contributed by atoms with van der Waals surface area (Å²) in [6.45, 7) is 1.42. The highest BCUT2D eigenvalue weighted by atomic mass is 16.4. The first kappa shape index (κ1) is 23.4. The van der Waals surface area contributed by atoms with Gasteiger partial charge in [-0.05, 0) is 55.0 Å². The van der Waals surface area contributed by atoms with Crippen LogP contribution < -0.4 is 15.5 Å². The van der Waals surface area contributed by atoms with Crippen molar-refractivity contribution in [3.8, 4) is 0 Å². The summed E-state index contributed by atoms with van der Waals surface area (Å²) < 4.78 is 0.894. The fourth-order valence-corrected chi connectivity index (χ4v) is 4.98. The highest BCUT2D eigenvalue weighted by Gasteiger charge is 2.26. The molecule has 1 unspecified atom stereocenters. The summed E-state index contributed by atoms with van der Waals surface area (Å²) in [6, 6.07) is 24.0. The Balaban J connectivity index is 1.24. The van der Waals surface area contributed by atoms with E-state index in [0.29, 0.717) is 23.1 Å². The predicted octanol–water partition coefficient (Wildman–Crippen LogP) is 5.14. The largest absolute Gasteiger partial charge is 0.463 e. The fourth-order valence-electron chi connectivity index (χ4n) is 4.98. The number of hydrogen-bond donors (Lipinski definition) is 3. The average molecular weight is 484 g/mol. The maximum absolute atomic E-state index is 12.8. The molecule has 2 heterocycles. The summed E-state index contributed by atoms with van der Waals surface area (Å²) in [4.78, 5) is 26.6. The van der Waals surface area contributed by atoms with Crippen LogP contribution in [0.5, 0.6) is 0 Å². The minimum Gasteiger partial charge on any atom is -0.463 e. The number of anilines is 2. The zero-order valence-electron chi connectivity index (χ0n) is 19.9. The van der Waals surface area contributed by atoms with Gasteiger partial charge in [0.25, 0.3) is 0 Å². The van der Waals surface area contributed by atoms with E-state index in [1.165, 1.54) is 23.0 Å². The van der Waals surface area contributed by atoms with Gasteiger partial charge < -0.3 is 20.6 Å². The standard InChI is InChI=1S/C28H29N5O3/c34-27(31-24-12-6-14-26-23(24)19-30-33(26)28(35)36)29-18-22-16-15-21-11-4-5-13-25(21)32(22)17-7-10-20-8-2-1-3-9-20/h1-6,8-9,11-14,19,22H,7,10,15-18H2,(H,35,36)(H2,29,31,34). The van der Waals surface area contributed by atoms with Crippen LogP contribution in [0.2, 0.25) is 0 Å². The summed E-state index contributed by atoms with van der Waals surface area (Å²) in [6.07, 6.45) is 4.25. The van der Waals surface area contributed by atoms with Crippen molar-refractivity contribution in [2.75, 3.05) is 23.3 Å². The van der Waals surface area contributed by atoms with Crippen molar-refractivity contribution in [2.24, 2.45) is 0 Å². The van der Waals surface area contributed by atoms with Crippen LogP contribution in [-0.2, 0) is 12.8 Å². The molecule has 3 aromatic carbocycles. The Labute approximate surface area is 209 Å². The van der Waals surface area contributed by atoms with Crippen LogP contribution in [0.3, 0.4) is 0 Å². The van der Waals surface area contributed by atoms with Gasteiger partial charge in [0.05, 0.1) is 17.4 Å².